The molecule has 0 aromatic heterocycles. The maximum absolute atomic E-state index is 13.2. The zero-order valence-corrected chi connectivity index (χ0v) is 16.2. The van der Waals surface area contributed by atoms with Crippen LogP contribution in [-0.2, 0) is 11.3 Å². The molecule has 1 aliphatic heterocycles. The highest BCUT2D eigenvalue weighted by molar-refractivity contribution is 5.89. The van der Waals surface area contributed by atoms with Crippen LogP contribution in [0.1, 0.15) is 31.2 Å². The van der Waals surface area contributed by atoms with Crippen molar-refractivity contribution < 1.29 is 18.4 Å². The zero-order valence-electron chi connectivity index (χ0n) is 16.2. The van der Waals surface area contributed by atoms with E-state index in [4.69, 9.17) is 0 Å². The molecule has 29 heavy (non-hydrogen) atoms. The first-order valence-corrected chi connectivity index (χ1v) is 9.82. The number of anilines is 1. The zero-order chi connectivity index (χ0) is 20.6. The maximum atomic E-state index is 13.2. The van der Waals surface area contributed by atoms with Crippen molar-refractivity contribution in [3.05, 3.63) is 65.7 Å². The fourth-order valence-electron chi connectivity index (χ4n) is 3.49. The number of carbonyl (C=O) groups excluding carboxylic acids is 2. The fourth-order valence-corrected chi connectivity index (χ4v) is 3.49. The minimum Gasteiger partial charge on any atom is -0.352 e. The largest absolute Gasteiger partial charge is 0.352 e. The summed E-state index contributed by atoms with van der Waals surface area (Å²) in [5.41, 5.74) is 1.27. The Balaban J connectivity index is 1.41. The van der Waals surface area contributed by atoms with E-state index in [9.17, 15) is 18.4 Å². The molecule has 3 amide bonds. The Bertz CT molecular complexity index is 842. The Morgan fingerprint density at radius 3 is 2.62 bits per heavy atom. The first kappa shape index (κ1) is 20.8. The van der Waals surface area contributed by atoms with Crippen LogP contribution in [0.2, 0.25) is 0 Å². The third kappa shape index (κ3) is 6.55. The van der Waals surface area contributed by atoms with Crippen molar-refractivity contribution in [2.75, 3.05) is 18.4 Å². The number of nitrogens with one attached hydrogen (secondary N) is 2. The Hall–Kier alpha value is -2.96. The van der Waals surface area contributed by atoms with E-state index in [-0.39, 0.29) is 29.5 Å². The normalized spacial score (nSPS) is 16.3. The molecule has 1 saturated heterocycles. The number of hydrogen-bond acceptors (Lipinski definition) is 2. The summed E-state index contributed by atoms with van der Waals surface area (Å²) >= 11 is 0. The molecule has 0 saturated carbocycles. The third-order valence-corrected chi connectivity index (χ3v) is 5.06. The summed E-state index contributed by atoms with van der Waals surface area (Å²) in [5.74, 6) is -0.501. The summed E-state index contributed by atoms with van der Waals surface area (Å²) in [6.07, 6.45) is 2.91. The summed E-state index contributed by atoms with van der Waals surface area (Å²) in [4.78, 5) is 26.3. The van der Waals surface area contributed by atoms with Gasteiger partial charge in [-0.15, -0.1) is 0 Å². The molecule has 1 unspecified atom stereocenters. The van der Waals surface area contributed by atoms with Gasteiger partial charge < -0.3 is 15.5 Å². The molecule has 2 N–H and O–H groups in total. The molecule has 0 aliphatic carbocycles. The average Bonchev–Trinajstić information content (AvgIpc) is 2.72. The molecule has 1 atom stereocenters. The van der Waals surface area contributed by atoms with E-state index in [1.165, 1.54) is 36.4 Å². The standard InChI is InChI=1S/C22H25F2N3O2/c23-18-7-9-20(10-8-18)26-22(29)27-12-2-4-16(15-27)6-11-21(28)25-14-17-3-1-5-19(24)13-17/h1,3,5,7-10,13,16H,2,4,6,11-12,14-15H2,(H,25,28)(H,26,29). The van der Waals surface area contributed by atoms with E-state index in [1.807, 2.05) is 0 Å². The smallest absolute Gasteiger partial charge is 0.321 e. The summed E-state index contributed by atoms with van der Waals surface area (Å²) in [6.45, 7) is 1.55. The highest BCUT2D eigenvalue weighted by Crippen LogP contribution is 2.22. The van der Waals surface area contributed by atoms with Crippen LogP contribution >= 0.6 is 0 Å². The van der Waals surface area contributed by atoms with E-state index in [2.05, 4.69) is 10.6 Å². The summed E-state index contributed by atoms with van der Waals surface area (Å²) in [5, 5.41) is 5.59. The molecular formula is C22H25F2N3O2. The fraction of sp³-hybridized carbons (Fsp3) is 0.364. The number of carbonyl (C=O) groups is 2. The van der Waals surface area contributed by atoms with Crippen LogP contribution in [0, 0.1) is 17.6 Å². The van der Waals surface area contributed by atoms with Gasteiger partial charge in [-0.05, 0) is 67.1 Å². The van der Waals surface area contributed by atoms with Crippen molar-refractivity contribution >= 4 is 17.6 Å². The SMILES string of the molecule is O=C(CCC1CCCN(C(=O)Nc2ccc(F)cc2)C1)NCc1cccc(F)c1. The maximum Gasteiger partial charge on any atom is 0.321 e. The third-order valence-electron chi connectivity index (χ3n) is 5.06. The topological polar surface area (TPSA) is 61.4 Å². The van der Waals surface area contributed by atoms with Gasteiger partial charge in [0.25, 0.3) is 0 Å². The highest BCUT2D eigenvalue weighted by atomic mass is 19.1. The molecule has 5 nitrogen and oxygen atoms in total. The van der Waals surface area contributed by atoms with Crippen molar-refractivity contribution in [2.45, 2.75) is 32.2 Å². The van der Waals surface area contributed by atoms with Gasteiger partial charge in [-0.25, -0.2) is 13.6 Å². The predicted octanol–water partition coefficient (Wildman–Crippen LogP) is 4.31. The molecule has 2 aromatic carbocycles. The lowest BCUT2D eigenvalue weighted by Crippen LogP contribution is -2.42. The molecule has 0 bridgehead atoms. The van der Waals surface area contributed by atoms with E-state index in [1.54, 1.807) is 17.0 Å². The van der Waals surface area contributed by atoms with Gasteiger partial charge >= 0.3 is 6.03 Å². The van der Waals surface area contributed by atoms with Gasteiger partial charge in [-0.3, -0.25) is 4.79 Å². The summed E-state index contributed by atoms with van der Waals surface area (Å²) in [6, 6.07) is 11.6. The Kier molecular flexibility index (Phi) is 7.16. The van der Waals surface area contributed by atoms with Gasteiger partial charge in [0.1, 0.15) is 11.6 Å². The molecule has 1 heterocycles. The van der Waals surface area contributed by atoms with Crippen LogP contribution in [0.4, 0.5) is 19.3 Å². The quantitative estimate of drug-likeness (QED) is 0.758. The van der Waals surface area contributed by atoms with E-state index >= 15 is 0 Å². The van der Waals surface area contributed by atoms with Crippen molar-refractivity contribution in [3.8, 4) is 0 Å². The van der Waals surface area contributed by atoms with E-state index < -0.39 is 0 Å². The lowest BCUT2D eigenvalue weighted by molar-refractivity contribution is -0.121. The van der Waals surface area contributed by atoms with Crippen molar-refractivity contribution in [3.63, 3.8) is 0 Å². The van der Waals surface area contributed by atoms with E-state index in [0.29, 0.717) is 38.2 Å². The van der Waals surface area contributed by atoms with E-state index in [0.717, 1.165) is 18.4 Å². The second-order valence-corrected chi connectivity index (χ2v) is 7.34. The first-order valence-electron chi connectivity index (χ1n) is 9.82. The number of halogens is 2. The molecular weight excluding hydrogens is 376 g/mol. The monoisotopic (exact) mass is 401 g/mol. The molecule has 7 heteroatoms. The Morgan fingerprint density at radius 1 is 1.07 bits per heavy atom. The Morgan fingerprint density at radius 2 is 1.86 bits per heavy atom. The van der Waals surface area contributed by atoms with Gasteiger partial charge in [0.15, 0.2) is 0 Å². The van der Waals surface area contributed by atoms with Gasteiger partial charge in [-0.1, -0.05) is 12.1 Å². The van der Waals surface area contributed by atoms with Gasteiger partial charge in [0.2, 0.25) is 5.91 Å². The minimum atomic E-state index is -0.350. The van der Waals surface area contributed by atoms with Crippen molar-refractivity contribution in [1.82, 2.24) is 10.2 Å². The Labute approximate surface area is 169 Å². The number of likely N-dealkylation sites (tertiary alicyclic amines) is 1. The molecule has 3 rings (SSSR count). The number of piperidine rings is 1. The second kappa shape index (κ2) is 10.0. The predicted molar refractivity (Wildman–Crippen MR) is 107 cm³/mol. The molecule has 2 aromatic rings. The molecule has 0 spiro atoms. The van der Waals surface area contributed by atoms with Gasteiger partial charge in [-0.2, -0.15) is 0 Å². The first-order chi connectivity index (χ1) is 14.0. The van der Waals surface area contributed by atoms with Crippen LogP contribution in [0.5, 0.6) is 0 Å². The summed E-state index contributed by atoms with van der Waals surface area (Å²) < 4.78 is 26.1. The molecule has 1 aliphatic rings. The highest BCUT2D eigenvalue weighted by Gasteiger charge is 2.24. The number of benzene rings is 2. The molecule has 0 radical (unpaired) electrons. The number of rotatable bonds is 6. The average molecular weight is 401 g/mol. The molecule has 1 fully saturated rings. The van der Waals surface area contributed by atoms with Crippen LogP contribution in [0.3, 0.4) is 0 Å². The van der Waals surface area contributed by atoms with Crippen LogP contribution in [0.25, 0.3) is 0 Å². The van der Waals surface area contributed by atoms with Crippen LogP contribution < -0.4 is 10.6 Å². The lowest BCUT2D eigenvalue weighted by atomic mass is 9.93. The van der Waals surface area contributed by atoms with Gasteiger partial charge in [0, 0.05) is 31.7 Å². The van der Waals surface area contributed by atoms with Crippen molar-refractivity contribution in [1.29, 1.82) is 0 Å². The van der Waals surface area contributed by atoms with Crippen LogP contribution in [-0.4, -0.2) is 29.9 Å². The molecule has 154 valence electrons. The number of nitrogens with zero attached hydrogens (tertiary/aromatic N) is 1. The lowest BCUT2D eigenvalue weighted by Gasteiger charge is -2.32. The van der Waals surface area contributed by atoms with Crippen molar-refractivity contribution in [2.24, 2.45) is 5.92 Å². The number of hydrogen-bond donors (Lipinski definition) is 2. The van der Waals surface area contributed by atoms with Crippen LogP contribution in [0.15, 0.2) is 48.5 Å². The van der Waals surface area contributed by atoms with Gasteiger partial charge in [0.05, 0.1) is 0 Å². The number of urea groups is 1. The number of amides is 3. The minimum absolute atomic E-state index is 0.0813. The summed E-state index contributed by atoms with van der Waals surface area (Å²) in [7, 11) is 0. The second-order valence-electron chi connectivity index (χ2n) is 7.34.